The number of hydrogen-bond acceptors (Lipinski definition) is 9. The summed E-state index contributed by atoms with van der Waals surface area (Å²) in [6, 6.07) is 29.7. The molecule has 1 unspecified atom stereocenters. The van der Waals surface area contributed by atoms with Crippen molar-refractivity contribution in [2.45, 2.75) is 63.1 Å². The molecule has 1 fully saturated rings. The molecule has 316 valence electrons. The zero-order chi connectivity index (χ0) is 43.3. The largest absolute Gasteiger partial charge is 0.489 e. The third-order valence-electron chi connectivity index (χ3n) is 11.1. The number of benzene rings is 5. The molecule has 5 aromatic rings. The molecule has 0 spiro atoms. The second kappa shape index (κ2) is 18.6. The number of amides is 3. The number of halogens is 2. The van der Waals surface area contributed by atoms with Crippen molar-refractivity contribution in [1.29, 1.82) is 5.26 Å². The maximum atomic E-state index is 14.1. The van der Waals surface area contributed by atoms with Crippen LogP contribution in [0, 0.1) is 11.3 Å². The molecular weight excluding hydrogens is 835 g/mol. The Bertz CT molecular complexity index is 2540. The summed E-state index contributed by atoms with van der Waals surface area (Å²) >= 11 is 12.2. The maximum absolute atomic E-state index is 14.1. The van der Waals surface area contributed by atoms with E-state index in [1.165, 1.54) is 4.90 Å². The van der Waals surface area contributed by atoms with Crippen molar-refractivity contribution >= 4 is 52.8 Å². The second-order valence-electron chi connectivity index (χ2n) is 15.2. The van der Waals surface area contributed by atoms with Gasteiger partial charge in [0.05, 0.1) is 47.1 Å². The Morgan fingerprint density at radius 3 is 2.26 bits per heavy atom. The van der Waals surface area contributed by atoms with Crippen molar-refractivity contribution in [3.63, 3.8) is 0 Å². The van der Waals surface area contributed by atoms with Crippen LogP contribution in [-0.2, 0) is 49.9 Å². The number of carbonyl (C=O) groups excluding carboxylic acids is 3. The van der Waals surface area contributed by atoms with E-state index in [-0.39, 0.29) is 26.0 Å². The second-order valence-corrected chi connectivity index (χ2v) is 16.1. The van der Waals surface area contributed by atoms with Crippen LogP contribution >= 0.6 is 23.2 Å². The van der Waals surface area contributed by atoms with Crippen molar-refractivity contribution in [1.82, 2.24) is 10.2 Å². The molecule has 3 atom stereocenters. The molecule has 62 heavy (non-hydrogen) atoms. The van der Waals surface area contributed by atoms with Gasteiger partial charge in [-0.3, -0.25) is 14.5 Å². The summed E-state index contributed by atoms with van der Waals surface area (Å²) in [6.45, 7) is 1.09. The zero-order valence-electron chi connectivity index (χ0n) is 33.1. The molecule has 0 aromatic heterocycles. The molecule has 0 radical (unpaired) electrons. The summed E-state index contributed by atoms with van der Waals surface area (Å²) in [5.41, 5.74) is 6.16. The van der Waals surface area contributed by atoms with Crippen molar-refractivity contribution in [2.75, 3.05) is 18.5 Å². The summed E-state index contributed by atoms with van der Waals surface area (Å²) < 4.78 is 23.5. The van der Waals surface area contributed by atoms with Gasteiger partial charge in [0.15, 0.2) is 0 Å². The Labute approximate surface area is 367 Å². The minimum Gasteiger partial charge on any atom is -0.489 e. The molecule has 3 N–H and O–H groups in total. The quantitative estimate of drug-likeness (QED) is 0.118. The Kier molecular flexibility index (Phi) is 12.6. The third-order valence-corrected chi connectivity index (χ3v) is 11.8. The molecule has 3 amide bonds. The topological polar surface area (TPSA) is 177 Å². The molecule has 13 nitrogen and oxygen atoms in total. The van der Waals surface area contributed by atoms with Crippen LogP contribution in [0.5, 0.6) is 11.5 Å². The molecule has 3 aliphatic heterocycles. The van der Waals surface area contributed by atoms with Gasteiger partial charge in [-0.05, 0) is 81.9 Å². The van der Waals surface area contributed by atoms with E-state index >= 15 is 0 Å². The lowest BCUT2D eigenvalue weighted by Gasteiger charge is -2.38. The van der Waals surface area contributed by atoms with Crippen LogP contribution in [0.4, 0.5) is 10.5 Å². The smallest absolute Gasteiger partial charge is 0.411 e. The van der Waals surface area contributed by atoms with E-state index < -0.39 is 48.2 Å². The van der Waals surface area contributed by atoms with Gasteiger partial charge in [0.25, 0.3) is 5.91 Å². The number of nitrogens with one attached hydrogen (secondary N) is 2. The highest BCUT2D eigenvalue weighted by atomic mass is 35.5. The van der Waals surface area contributed by atoms with Crippen LogP contribution in [-0.4, -0.2) is 65.3 Å². The van der Waals surface area contributed by atoms with Crippen LogP contribution in [0.25, 0.3) is 11.1 Å². The molecule has 15 heteroatoms. The van der Waals surface area contributed by atoms with E-state index in [4.69, 9.17) is 47.4 Å². The van der Waals surface area contributed by atoms with Crippen LogP contribution in [0.1, 0.15) is 52.3 Å². The monoisotopic (exact) mass is 874 g/mol. The number of aliphatic carboxylic acids is 1. The summed E-state index contributed by atoms with van der Waals surface area (Å²) in [6.07, 6.45) is -1.09. The predicted octanol–water partition coefficient (Wildman–Crippen LogP) is 8.04. The maximum Gasteiger partial charge on any atom is 0.411 e. The lowest BCUT2D eigenvalue weighted by atomic mass is 9.92. The molecular formula is C47H40Cl2N4O9. The third kappa shape index (κ3) is 9.63. The van der Waals surface area contributed by atoms with Gasteiger partial charge >= 0.3 is 12.1 Å². The fourth-order valence-corrected chi connectivity index (χ4v) is 7.97. The van der Waals surface area contributed by atoms with Gasteiger partial charge in [-0.1, -0.05) is 77.8 Å². The number of anilines is 1. The van der Waals surface area contributed by atoms with E-state index in [0.29, 0.717) is 81.1 Å². The first kappa shape index (κ1) is 42.1. The van der Waals surface area contributed by atoms with Gasteiger partial charge < -0.3 is 34.7 Å². The average molecular weight is 876 g/mol. The highest BCUT2D eigenvalue weighted by Gasteiger charge is 2.40. The number of nitrogens with zero attached hydrogens (tertiary/aromatic N) is 2. The summed E-state index contributed by atoms with van der Waals surface area (Å²) in [4.78, 5) is 55.3. The SMILES string of the molecule is N#Cc1ccc(-c2ccc(C[C@H](NC(=O)[C@@H]3Cc4cc5c(cc4CN3C(=O)OC3CCOCC3)OC(c3ccc(OCc4ccc(Cl)c(Cl)c4)cc3)C(=O)N5)C(=O)O)cc2)cc1. The Morgan fingerprint density at radius 1 is 0.887 bits per heavy atom. The van der Waals surface area contributed by atoms with Crippen molar-refractivity contribution in [3.05, 3.63) is 147 Å². The molecule has 5 aromatic carbocycles. The Hall–Kier alpha value is -6.59. The number of rotatable bonds is 11. The van der Waals surface area contributed by atoms with Gasteiger partial charge in [-0.2, -0.15) is 5.26 Å². The normalized spacial score (nSPS) is 17.6. The van der Waals surface area contributed by atoms with E-state index in [9.17, 15) is 24.3 Å². The first-order chi connectivity index (χ1) is 30.0. The fraction of sp³-hybridized carbons (Fsp3) is 0.255. The summed E-state index contributed by atoms with van der Waals surface area (Å²) in [5.74, 6) is -1.35. The first-order valence-electron chi connectivity index (χ1n) is 20.0. The number of carbonyl (C=O) groups is 4. The number of ether oxygens (including phenoxy) is 4. The minimum absolute atomic E-state index is 0.0168. The van der Waals surface area contributed by atoms with Crippen LogP contribution in [0.3, 0.4) is 0 Å². The zero-order valence-corrected chi connectivity index (χ0v) is 34.7. The molecule has 0 saturated carbocycles. The predicted molar refractivity (Wildman–Crippen MR) is 229 cm³/mol. The molecule has 0 aliphatic carbocycles. The van der Waals surface area contributed by atoms with E-state index in [1.54, 1.807) is 72.8 Å². The number of fused-ring (bicyclic) bond motifs is 2. The number of carboxylic acid groups (broad SMARTS) is 1. The van der Waals surface area contributed by atoms with Gasteiger partial charge in [0.1, 0.15) is 36.3 Å². The van der Waals surface area contributed by atoms with E-state index in [2.05, 4.69) is 16.7 Å². The molecule has 3 heterocycles. The lowest BCUT2D eigenvalue weighted by Crippen LogP contribution is -2.56. The number of hydrogen-bond donors (Lipinski definition) is 3. The average Bonchev–Trinajstić information content (AvgIpc) is 3.28. The minimum atomic E-state index is -1.31. The van der Waals surface area contributed by atoms with Crippen molar-refractivity contribution in [3.8, 4) is 28.7 Å². The summed E-state index contributed by atoms with van der Waals surface area (Å²) in [5, 5.41) is 25.9. The highest BCUT2D eigenvalue weighted by Crippen LogP contribution is 2.40. The van der Waals surface area contributed by atoms with Gasteiger partial charge in [0.2, 0.25) is 12.0 Å². The fourth-order valence-electron chi connectivity index (χ4n) is 7.65. The first-order valence-corrected chi connectivity index (χ1v) is 20.7. The highest BCUT2D eigenvalue weighted by molar-refractivity contribution is 6.42. The van der Waals surface area contributed by atoms with Crippen LogP contribution in [0.2, 0.25) is 10.0 Å². The Balaban J connectivity index is 0.980. The van der Waals surface area contributed by atoms with Gasteiger partial charge in [-0.15, -0.1) is 0 Å². The lowest BCUT2D eigenvalue weighted by molar-refractivity contribution is -0.142. The summed E-state index contributed by atoms with van der Waals surface area (Å²) in [7, 11) is 0. The Morgan fingerprint density at radius 2 is 1.58 bits per heavy atom. The number of carboxylic acids is 1. The molecule has 3 aliphatic rings. The van der Waals surface area contributed by atoms with Gasteiger partial charge in [0, 0.05) is 31.2 Å². The van der Waals surface area contributed by atoms with Crippen molar-refractivity contribution in [2.24, 2.45) is 0 Å². The number of nitriles is 1. The standard InChI is InChI=1S/C47H40Cl2N4O9/c48-37-14-5-29(19-38(37)49)26-60-35-12-10-32(11-13-35)43-45(55)51-39-21-33-22-41(53(25-34(33)23-42(39)62-43)47(58)61-36-15-17-59-18-16-36)44(54)52-40(46(56)57)20-27-1-6-30(7-2-27)31-8-3-28(24-50)4-9-31/h1-14,19,21,23,36,40-41,43H,15-18,20,22,25-26H2,(H,51,55)(H,52,54)(H,56,57)/t40-,41-,43?/m0/s1. The molecule has 0 bridgehead atoms. The van der Waals surface area contributed by atoms with Crippen molar-refractivity contribution < 1.29 is 43.2 Å². The van der Waals surface area contributed by atoms with Crippen LogP contribution in [0.15, 0.2) is 103 Å². The van der Waals surface area contributed by atoms with Crippen LogP contribution < -0.4 is 20.1 Å². The molecule has 1 saturated heterocycles. The van der Waals surface area contributed by atoms with E-state index in [0.717, 1.165) is 16.7 Å². The molecule has 8 rings (SSSR count). The van der Waals surface area contributed by atoms with E-state index in [1.807, 2.05) is 30.3 Å². The van der Waals surface area contributed by atoms with Gasteiger partial charge in [-0.25, -0.2) is 9.59 Å².